The summed E-state index contributed by atoms with van der Waals surface area (Å²) in [5.41, 5.74) is 0.642. The second-order valence-electron chi connectivity index (χ2n) is 3.77. The number of ketones is 1. The number of carbonyl (C=O) groups excluding carboxylic acids is 1. The minimum atomic E-state index is -0.528. The van der Waals surface area contributed by atoms with Crippen LogP contribution in [0, 0.1) is 5.92 Å². The highest BCUT2D eigenvalue weighted by molar-refractivity contribution is 5.98. The molecule has 0 spiro atoms. The summed E-state index contributed by atoms with van der Waals surface area (Å²) in [6.45, 7) is 4.09. The standard InChI is InChI=1S/C10H16O2/c1-7(2)6-10(12)8-4-3-5-9(8)11/h4,7,10,12H,3,5-6H2,1-2H3. The normalized spacial score (nSPS) is 20.0. The smallest absolute Gasteiger partial charge is 0.161 e. The first-order valence-corrected chi connectivity index (χ1v) is 4.52. The number of carbonyl (C=O) groups is 1. The fourth-order valence-corrected chi connectivity index (χ4v) is 1.51. The van der Waals surface area contributed by atoms with Gasteiger partial charge in [0.2, 0.25) is 0 Å². The molecular formula is C10H16O2. The van der Waals surface area contributed by atoms with E-state index >= 15 is 0 Å². The lowest BCUT2D eigenvalue weighted by Gasteiger charge is -2.12. The van der Waals surface area contributed by atoms with Gasteiger partial charge in [0, 0.05) is 12.0 Å². The number of allylic oxidation sites excluding steroid dienone is 1. The van der Waals surface area contributed by atoms with Gasteiger partial charge in [0.05, 0.1) is 6.10 Å². The lowest BCUT2D eigenvalue weighted by molar-refractivity contribution is -0.115. The fraction of sp³-hybridized carbons (Fsp3) is 0.700. The van der Waals surface area contributed by atoms with Gasteiger partial charge in [0.1, 0.15) is 0 Å². The van der Waals surface area contributed by atoms with Crippen LogP contribution < -0.4 is 0 Å². The Kier molecular flexibility index (Phi) is 3.04. The largest absolute Gasteiger partial charge is 0.388 e. The van der Waals surface area contributed by atoms with Gasteiger partial charge >= 0.3 is 0 Å². The van der Waals surface area contributed by atoms with Crippen molar-refractivity contribution in [2.24, 2.45) is 5.92 Å². The first-order valence-electron chi connectivity index (χ1n) is 4.52. The van der Waals surface area contributed by atoms with Crippen LogP contribution in [0.15, 0.2) is 11.6 Å². The molecule has 0 radical (unpaired) electrons. The summed E-state index contributed by atoms with van der Waals surface area (Å²) in [6, 6.07) is 0. The van der Waals surface area contributed by atoms with Crippen molar-refractivity contribution in [3.05, 3.63) is 11.6 Å². The van der Waals surface area contributed by atoms with E-state index in [1.807, 2.05) is 19.9 Å². The Labute approximate surface area is 73.3 Å². The molecule has 1 aliphatic carbocycles. The molecule has 1 atom stereocenters. The first kappa shape index (κ1) is 9.46. The van der Waals surface area contributed by atoms with E-state index in [0.29, 0.717) is 24.3 Å². The quantitative estimate of drug-likeness (QED) is 0.696. The molecule has 68 valence electrons. The van der Waals surface area contributed by atoms with Crippen molar-refractivity contribution in [3.8, 4) is 0 Å². The molecule has 1 rings (SSSR count). The molecule has 2 heteroatoms. The Morgan fingerprint density at radius 2 is 2.25 bits per heavy atom. The number of hydrogen-bond donors (Lipinski definition) is 1. The molecule has 0 saturated heterocycles. The molecule has 0 fully saturated rings. The zero-order valence-corrected chi connectivity index (χ0v) is 7.71. The molecule has 1 N–H and O–H groups in total. The number of hydrogen-bond acceptors (Lipinski definition) is 2. The van der Waals surface area contributed by atoms with E-state index in [0.717, 1.165) is 6.42 Å². The molecule has 0 heterocycles. The van der Waals surface area contributed by atoms with Crippen LogP contribution in [0.3, 0.4) is 0 Å². The summed E-state index contributed by atoms with van der Waals surface area (Å²) < 4.78 is 0. The third-order valence-corrected chi connectivity index (χ3v) is 2.11. The van der Waals surface area contributed by atoms with Gasteiger partial charge in [0.15, 0.2) is 5.78 Å². The van der Waals surface area contributed by atoms with Crippen molar-refractivity contribution in [2.75, 3.05) is 0 Å². The molecule has 1 aliphatic rings. The molecule has 0 amide bonds. The predicted molar refractivity (Wildman–Crippen MR) is 47.8 cm³/mol. The number of Topliss-reactive ketones (excluding diaryl/α,β-unsaturated/α-hetero) is 1. The lowest BCUT2D eigenvalue weighted by atomic mass is 9.99. The van der Waals surface area contributed by atoms with Crippen LogP contribution in [-0.2, 0) is 4.79 Å². The summed E-state index contributed by atoms with van der Waals surface area (Å²) >= 11 is 0. The molecule has 12 heavy (non-hydrogen) atoms. The van der Waals surface area contributed by atoms with Gasteiger partial charge in [0.25, 0.3) is 0 Å². The highest BCUT2D eigenvalue weighted by atomic mass is 16.3. The van der Waals surface area contributed by atoms with E-state index in [-0.39, 0.29) is 5.78 Å². The third-order valence-electron chi connectivity index (χ3n) is 2.11. The zero-order valence-electron chi connectivity index (χ0n) is 7.71. The fourth-order valence-electron chi connectivity index (χ4n) is 1.51. The highest BCUT2D eigenvalue weighted by Gasteiger charge is 2.22. The van der Waals surface area contributed by atoms with Crippen molar-refractivity contribution in [2.45, 2.75) is 39.2 Å². The van der Waals surface area contributed by atoms with Gasteiger partial charge in [-0.2, -0.15) is 0 Å². The van der Waals surface area contributed by atoms with Crippen molar-refractivity contribution in [1.82, 2.24) is 0 Å². The van der Waals surface area contributed by atoms with Crippen molar-refractivity contribution >= 4 is 5.78 Å². The summed E-state index contributed by atoms with van der Waals surface area (Å²) in [5, 5.41) is 9.60. The van der Waals surface area contributed by atoms with Crippen molar-refractivity contribution < 1.29 is 9.90 Å². The Morgan fingerprint density at radius 1 is 1.58 bits per heavy atom. The van der Waals surface area contributed by atoms with Gasteiger partial charge in [-0.05, 0) is 18.8 Å². The summed E-state index contributed by atoms with van der Waals surface area (Å²) in [4.78, 5) is 11.2. The Morgan fingerprint density at radius 3 is 2.67 bits per heavy atom. The number of aliphatic hydroxyl groups excluding tert-OH is 1. The second kappa shape index (κ2) is 3.85. The maximum atomic E-state index is 11.2. The van der Waals surface area contributed by atoms with E-state index in [2.05, 4.69) is 0 Å². The van der Waals surface area contributed by atoms with Gasteiger partial charge < -0.3 is 5.11 Å². The van der Waals surface area contributed by atoms with Crippen LogP contribution in [-0.4, -0.2) is 17.0 Å². The molecule has 0 saturated carbocycles. The summed E-state index contributed by atoms with van der Waals surface area (Å²) in [5.74, 6) is 0.567. The Hall–Kier alpha value is -0.630. The average molecular weight is 168 g/mol. The van der Waals surface area contributed by atoms with Crippen molar-refractivity contribution in [3.63, 3.8) is 0 Å². The van der Waals surface area contributed by atoms with E-state index in [9.17, 15) is 9.90 Å². The second-order valence-corrected chi connectivity index (χ2v) is 3.77. The number of aliphatic hydroxyl groups is 1. The van der Waals surface area contributed by atoms with Gasteiger partial charge in [-0.1, -0.05) is 19.9 Å². The molecular weight excluding hydrogens is 152 g/mol. The zero-order chi connectivity index (χ0) is 9.14. The maximum Gasteiger partial charge on any atom is 0.161 e. The Bertz CT molecular complexity index is 204. The molecule has 0 bridgehead atoms. The topological polar surface area (TPSA) is 37.3 Å². The van der Waals surface area contributed by atoms with E-state index in [1.165, 1.54) is 0 Å². The van der Waals surface area contributed by atoms with Crippen LogP contribution in [0.4, 0.5) is 0 Å². The van der Waals surface area contributed by atoms with Crippen LogP contribution >= 0.6 is 0 Å². The van der Waals surface area contributed by atoms with Gasteiger partial charge in [-0.25, -0.2) is 0 Å². The maximum absolute atomic E-state index is 11.2. The van der Waals surface area contributed by atoms with E-state index < -0.39 is 6.10 Å². The minimum Gasteiger partial charge on any atom is -0.388 e. The molecule has 0 aromatic heterocycles. The monoisotopic (exact) mass is 168 g/mol. The van der Waals surface area contributed by atoms with Crippen LogP contribution in [0.25, 0.3) is 0 Å². The van der Waals surface area contributed by atoms with Gasteiger partial charge in [-0.15, -0.1) is 0 Å². The predicted octanol–water partition coefficient (Wildman–Crippen LogP) is 1.68. The minimum absolute atomic E-state index is 0.128. The van der Waals surface area contributed by atoms with Crippen LogP contribution in [0.1, 0.15) is 33.1 Å². The highest BCUT2D eigenvalue weighted by Crippen LogP contribution is 2.21. The Balaban J connectivity index is 2.52. The molecule has 1 unspecified atom stereocenters. The third kappa shape index (κ3) is 2.18. The number of rotatable bonds is 3. The van der Waals surface area contributed by atoms with E-state index in [1.54, 1.807) is 0 Å². The van der Waals surface area contributed by atoms with Gasteiger partial charge in [-0.3, -0.25) is 4.79 Å². The SMILES string of the molecule is CC(C)CC(O)C1=CCCC1=O. The molecule has 2 nitrogen and oxygen atoms in total. The van der Waals surface area contributed by atoms with Crippen LogP contribution in [0.2, 0.25) is 0 Å². The lowest BCUT2D eigenvalue weighted by Crippen LogP contribution is -2.17. The summed E-state index contributed by atoms with van der Waals surface area (Å²) in [7, 11) is 0. The van der Waals surface area contributed by atoms with Crippen molar-refractivity contribution in [1.29, 1.82) is 0 Å². The average Bonchev–Trinajstić information content (AvgIpc) is 2.33. The molecule has 0 aromatic rings. The summed E-state index contributed by atoms with van der Waals surface area (Å²) in [6.07, 6.45) is 3.43. The first-order chi connectivity index (χ1) is 5.61. The molecule has 0 aliphatic heterocycles. The van der Waals surface area contributed by atoms with E-state index in [4.69, 9.17) is 0 Å². The van der Waals surface area contributed by atoms with Crippen LogP contribution in [0.5, 0.6) is 0 Å². The molecule has 0 aromatic carbocycles.